The number of carboxylic acids is 1. The summed E-state index contributed by atoms with van der Waals surface area (Å²) in [6.07, 6.45) is 1.63. The van der Waals surface area contributed by atoms with Gasteiger partial charge in [-0.3, -0.25) is 0 Å². The van der Waals surface area contributed by atoms with Gasteiger partial charge < -0.3 is 14.8 Å². The van der Waals surface area contributed by atoms with Crippen molar-refractivity contribution in [3.05, 3.63) is 47.8 Å². The van der Waals surface area contributed by atoms with E-state index in [9.17, 15) is 4.79 Å². The molecule has 0 atom stereocenters. The Bertz CT molecular complexity index is 514. The zero-order valence-corrected chi connectivity index (χ0v) is 9.43. The van der Waals surface area contributed by atoms with Gasteiger partial charge in [0.2, 0.25) is 0 Å². The molecule has 4 heteroatoms. The summed E-state index contributed by atoms with van der Waals surface area (Å²) in [4.78, 5) is 13.7. The lowest BCUT2D eigenvalue weighted by Gasteiger charge is -2.03. The molecule has 0 aliphatic heterocycles. The molecule has 0 saturated heterocycles. The molecular weight excluding hydrogens is 218 g/mol. The fourth-order valence-electron chi connectivity index (χ4n) is 1.73. The Hall–Kier alpha value is -2.07. The van der Waals surface area contributed by atoms with E-state index in [4.69, 9.17) is 9.84 Å². The van der Waals surface area contributed by atoms with Crippen LogP contribution in [-0.4, -0.2) is 23.2 Å². The molecule has 0 aliphatic rings. The van der Waals surface area contributed by atoms with E-state index in [0.29, 0.717) is 12.2 Å². The molecular formula is C13H13NO3. The lowest BCUT2D eigenvalue weighted by atomic mass is 10.0. The maximum Gasteiger partial charge on any atom is 0.352 e. The Morgan fingerprint density at radius 2 is 2.00 bits per heavy atom. The van der Waals surface area contributed by atoms with Crippen molar-refractivity contribution in [3.63, 3.8) is 0 Å². The summed E-state index contributed by atoms with van der Waals surface area (Å²) >= 11 is 0. The minimum Gasteiger partial charge on any atom is -0.477 e. The average Bonchev–Trinajstić information content (AvgIpc) is 2.79. The van der Waals surface area contributed by atoms with Gasteiger partial charge in [-0.1, -0.05) is 24.3 Å². The van der Waals surface area contributed by atoms with Crippen LogP contribution in [-0.2, 0) is 11.3 Å². The van der Waals surface area contributed by atoms with Crippen LogP contribution in [0.5, 0.6) is 0 Å². The standard InChI is InChI=1S/C13H13NO3/c1-17-8-9-2-4-10(5-3-9)11-6-7-14-12(11)13(15)16/h2-7,14H,8H2,1H3,(H,15,16). The van der Waals surface area contributed by atoms with Crippen molar-refractivity contribution >= 4 is 5.97 Å². The average molecular weight is 231 g/mol. The Morgan fingerprint density at radius 3 is 2.59 bits per heavy atom. The topological polar surface area (TPSA) is 62.3 Å². The van der Waals surface area contributed by atoms with Gasteiger partial charge >= 0.3 is 5.97 Å². The third-order valence-corrected chi connectivity index (χ3v) is 2.54. The van der Waals surface area contributed by atoms with E-state index in [0.717, 1.165) is 11.1 Å². The largest absolute Gasteiger partial charge is 0.477 e. The predicted molar refractivity (Wildman–Crippen MR) is 63.9 cm³/mol. The summed E-state index contributed by atoms with van der Waals surface area (Å²) in [7, 11) is 1.64. The molecule has 0 amide bonds. The first-order valence-corrected chi connectivity index (χ1v) is 5.21. The Morgan fingerprint density at radius 1 is 1.29 bits per heavy atom. The molecule has 0 aliphatic carbocycles. The van der Waals surface area contributed by atoms with Crippen molar-refractivity contribution in [2.24, 2.45) is 0 Å². The molecule has 17 heavy (non-hydrogen) atoms. The quantitative estimate of drug-likeness (QED) is 0.849. The normalized spacial score (nSPS) is 10.4. The number of hydrogen-bond donors (Lipinski definition) is 2. The molecule has 88 valence electrons. The number of nitrogens with one attached hydrogen (secondary N) is 1. The van der Waals surface area contributed by atoms with Crippen LogP contribution in [0, 0.1) is 0 Å². The third-order valence-electron chi connectivity index (χ3n) is 2.54. The van der Waals surface area contributed by atoms with Crippen molar-refractivity contribution in [2.75, 3.05) is 7.11 Å². The molecule has 0 spiro atoms. The van der Waals surface area contributed by atoms with Crippen molar-refractivity contribution in [1.29, 1.82) is 0 Å². The van der Waals surface area contributed by atoms with Crippen LogP contribution in [0.3, 0.4) is 0 Å². The molecule has 0 fully saturated rings. The number of aromatic amines is 1. The van der Waals surface area contributed by atoms with Crippen molar-refractivity contribution in [1.82, 2.24) is 4.98 Å². The third kappa shape index (κ3) is 2.37. The molecule has 2 rings (SSSR count). The Labute approximate surface area is 98.9 Å². The van der Waals surface area contributed by atoms with Gasteiger partial charge in [0.1, 0.15) is 5.69 Å². The van der Waals surface area contributed by atoms with Crippen molar-refractivity contribution < 1.29 is 14.6 Å². The highest BCUT2D eigenvalue weighted by molar-refractivity contribution is 5.94. The molecule has 0 unspecified atom stereocenters. The Balaban J connectivity index is 2.33. The summed E-state index contributed by atoms with van der Waals surface area (Å²) in [6.45, 7) is 0.555. The summed E-state index contributed by atoms with van der Waals surface area (Å²) in [5.41, 5.74) is 2.85. The van der Waals surface area contributed by atoms with Crippen LogP contribution in [0.1, 0.15) is 16.1 Å². The van der Waals surface area contributed by atoms with E-state index in [1.54, 1.807) is 19.4 Å². The van der Waals surface area contributed by atoms with E-state index < -0.39 is 5.97 Å². The first-order valence-electron chi connectivity index (χ1n) is 5.21. The van der Waals surface area contributed by atoms with Crippen LogP contribution >= 0.6 is 0 Å². The van der Waals surface area contributed by atoms with Gasteiger partial charge in [-0.25, -0.2) is 4.79 Å². The number of aromatic carboxylic acids is 1. The van der Waals surface area contributed by atoms with Crippen LogP contribution in [0.25, 0.3) is 11.1 Å². The fourth-order valence-corrected chi connectivity index (χ4v) is 1.73. The highest BCUT2D eigenvalue weighted by Crippen LogP contribution is 2.23. The lowest BCUT2D eigenvalue weighted by molar-refractivity contribution is 0.0692. The molecule has 1 aromatic carbocycles. The zero-order valence-electron chi connectivity index (χ0n) is 9.43. The lowest BCUT2D eigenvalue weighted by Crippen LogP contribution is -1.98. The number of hydrogen-bond acceptors (Lipinski definition) is 2. The fraction of sp³-hybridized carbons (Fsp3) is 0.154. The number of rotatable bonds is 4. The van der Waals surface area contributed by atoms with E-state index in [-0.39, 0.29) is 5.69 Å². The molecule has 4 nitrogen and oxygen atoms in total. The smallest absolute Gasteiger partial charge is 0.352 e. The zero-order chi connectivity index (χ0) is 12.3. The molecule has 2 aromatic rings. The maximum absolute atomic E-state index is 11.0. The van der Waals surface area contributed by atoms with Gasteiger partial charge in [-0.15, -0.1) is 0 Å². The van der Waals surface area contributed by atoms with E-state index in [2.05, 4.69) is 4.98 Å². The molecule has 1 heterocycles. The van der Waals surface area contributed by atoms with Gasteiger partial charge in [0.25, 0.3) is 0 Å². The SMILES string of the molecule is COCc1ccc(-c2cc[nH]c2C(=O)O)cc1. The van der Waals surface area contributed by atoms with Crippen LogP contribution in [0.15, 0.2) is 36.5 Å². The molecule has 2 N–H and O–H groups in total. The highest BCUT2D eigenvalue weighted by Gasteiger charge is 2.12. The van der Waals surface area contributed by atoms with Crippen molar-refractivity contribution in [2.45, 2.75) is 6.61 Å². The number of H-pyrrole nitrogens is 1. The van der Waals surface area contributed by atoms with E-state index in [1.165, 1.54) is 0 Å². The first-order chi connectivity index (χ1) is 8.22. The number of ether oxygens (including phenoxy) is 1. The second-order valence-corrected chi connectivity index (χ2v) is 3.70. The van der Waals surface area contributed by atoms with Crippen LogP contribution in [0.2, 0.25) is 0 Å². The van der Waals surface area contributed by atoms with Crippen molar-refractivity contribution in [3.8, 4) is 11.1 Å². The second-order valence-electron chi connectivity index (χ2n) is 3.70. The van der Waals surface area contributed by atoms with Gasteiger partial charge in [-0.05, 0) is 17.2 Å². The van der Waals surface area contributed by atoms with Crippen LogP contribution < -0.4 is 0 Å². The number of methoxy groups -OCH3 is 1. The number of carboxylic acid groups (broad SMARTS) is 1. The number of aromatic nitrogens is 1. The van der Waals surface area contributed by atoms with Gasteiger partial charge in [-0.2, -0.15) is 0 Å². The number of carbonyl (C=O) groups is 1. The second kappa shape index (κ2) is 4.84. The summed E-state index contributed by atoms with van der Waals surface area (Å²) in [5, 5.41) is 9.00. The number of benzene rings is 1. The molecule has 0 saturated carbocycles. The molecule has 0 radical (unpaired) electrons. The Kier molecular flexibility index (Phi) is 3.25. The van der Waals surface area contributed by atoms with E-state index >= 15 is 0 Å². The summed E-state index contributed by atoms with van der Waals surface area (Å²) in [5.74, 6) is -0.953. The van der Waals surface area contributed by atoms with Gasteiger partial charge in [0.15, 0.2) is 0 Å². The molecule has 1 aromatic heterocycles. The van der Waals surface area contributed by atoms with Gasteiger partial charge in [0.05, 0.1) is 6.61 Å². The van der Waals surface area contributed by atoms with E-state index in [1.807, 2.05) is 24.3 Å². The molecule has 0 bridgehead atoms. The highest BCUT2D eigenvalue weighted by atomic mass is 16.5. The summed E-state index contributed by atoms with van der Waals surface area (Å²) < 4.78 is 5.02. The van der Waals surface area contributed by atoms with Gasteiger partial charge in [0, 0.05) is 18.9 Å². The summed E-state index contributed by atoms with van der Waals surface area (Å²) in [6, 6.07) is 9.40. The maximum atomic E-state index is 11.0. The minimum absolute atomic E-state index is 0.212. The van der Waals surface area contributed by atoms with Crippen LogP contribution in [0.4, 0.5) is 0 Å². The first kappa shape index (κ1) is 11.4. The monoisotopic (exact) mass is 231 g/mol. The minimum atomic E-state index is -0.953. The predicted octanol–water partition coefficient (Wildman–Crippen LogP) is 2.53.